The van der Waals surface area contributed by atoms with Gasteiger partial charge in [0.25, 0.3) is 0 Å². The van der Waals surface area contributed by atoms with E-state index in [0.717, 1.165) is 39.3 Å². The summed E-state index contributed by atoms with van der Waals surface area (Å²) < 4.78 is 0. The van der Waals surface area contributed by atoms with Crippen molar-refractivity contribution >= 4 is 17.7 Å². The molecule has 0 aromatic carbocycles. The van der Waals surface area contributed by atoms with E-state index in [-0.39, 0.29) is 31.1 Å². The monoisotopic (exact) mass is 496 g/mol. The van der Waals surface area contributed by atoms with Crippen molar-refractivity contribution in [2.75, 3.05) is 52.4 Å². The number of piperidine rings is 2. The van der Waals surface area contributed by atoms with Crippen molar-refractivity contribution in [3.8, 4) is 0 Å². The van der Waals surface area contributed by atoms with Crippen molar-refractivity contribution in [1.82, 2.24) is 20.0 Å². The number of likely N-dealkylation sites (tertiary alicyclic amines) is 3. The Kier molecular flexibility index (Phi) is 17.7. The highest BCUT2D eigenvalue weighted by Crippen LogP contribution is 2.12. The molecule has 3 aliphatic heterocycles. The molecule has 0 unspecified atom stereocenters. The van der Waals surface area contributed by atoms with Crippen LogP contribution in [0.5, 0.6) is 0 Å². The standard InChI is InChI=1S/C11H22N2O.C9H17NO.C7H13NO.CH4/c1-10(2)11(14)12-6-9-13-7-4-3-5-8-13;1-8(2)9(11)10-6-4-3-5-7-10;1-6(2)7(9)8-4-3-5-8;/h10H,3-9H2,1-2H3,(H,12,14);8H,3-7H2,1-2H3;6H,3-5H2,1-2H3;1H4. The third kappa shape index (κ3) is 13.9. The second kappa shape index (κ2) is 18.6. The topological polar surface area (TPSA) is 73.0 Å². The Labute approximate surface area is 216 Å². The molecule has 0 radical (unpaired) electrons. The average molecular weight is 497 g/mol. The summed E-state index contributed by atoms with van der Waals surface area (Å²) in [5.74, 6) is 1.27. The van der Waals surface area contributed by atoms with Gasteiger partial charge in [-0.05, 0) is 51.6 Å². The zero-order valence-corrected chi connectivity index (χ0v) is 22.9. The molecule has 3 saturated heterocycles. The Morgan fingerprint density at radius 1 is 0.600 bits per heavy atom. The fraction of sp³-hybridized carbons (Fsp3) is 0.893. The summed E-state index contributed by atoms with van der Waals surface area (Å²) in [6, 6.07) is 0. The molecule has 0 aromatic rings. The summed E-state index contributed by atoms with van der Waals surface area (Å²) in [5.41, 5.74) is 0. The molecule has 3 amide bonds. The summed E-state index contributed by atoms with van der Waals surface area (Å²) in [7, 11) is 0. The molecule has 7 nitrogen and oxygen atoms in total. The number of hydrogen-bond acceptors (Lipinski definition) is 4. The van der Waals surface area contributed by atoms with Crippen LogP contribution < -0.4 is 5.32 Å². The molecular weight excluding hydrogens is 440 g/mol. The second-order valence-electron chi connectivity index (χ2n) is 10.7. The van der Waals surface area contributed by atoms with Gasteiger partial charge in [-0.1, -0.05) is 55.4 Å². The maximum Gasteiger partial charge on any atom is 0.225 e. The molecule has 3 fully saturated rings. The van der Waals surface area contributed by atoms with Gasteiger partial charge in [-0.2, -0.15) is 0 Å². The first-order valence-corrected chi connectivity index (χ1v) is 13.7. The van der Waals surface area contributed by atoms with Crippen LogP contribution in [0.2, 0.25) is 0 Å². The smallest absolute Gasteiger partial charge is 0.225 e. The molecule has 3 rings (SSSR count). The summed E-state index contributed by atoms with van der Waals surface area (Å²) in [4.78, 5) is 40.1. The number of nitrogens with zero attached hydrogens (tertiary/aromatic N) is 3. The van der Waals surface area contributed by atoms with Gasteiger partial charge in [0, 0.05) is 57.0 Å². The lowest BCUT2D eigenvalue weighted by atomic mass is 10.1. The normalized spacial score (nSPS) is 18.0. The Hall–Kier alpha value is -1.63. The first-order valence-electron chi connectivity index (χ1n) is 13.7. The molecule has 0 saturated carbocycles. The fourth-order valence-corrected chi connectivity index (χ4v) is 4.11. The van der Waals surface area contributed by atoms with Crippen molar-refractivity contribution in [2.24, 2.45) is 17.8 Å². The van der Waals surface area contributed by atoms with E-state index in [1.54, 1.807) is 0 Å². The van der Waals surface area contributed by atoms with E-state index in [9.17, 15) is 14.4 Å². The molecule has 0 aromatic heterocycles. The Bertz CT molecular complexity index is 591. The maximum atomic E-state index is 11.4. The van der Waals surface area contributed by atoms with Gasteiger partial charge in [-0.3, -0.25) is 14.4 Å². The van der Waals surface area contributed by atoms with Crippen LogP contribution >= 0.6 is 0 Å². The number of carbonyl (C=O) groups is 3. The van der Waals surface area contributed by atoms with Crippen LogP contribution in [0.4, 0.5) is 0 Å². The van der Waals surface area contributed by atoms with Gasteiger partial charge >= 0.3 is 0 Å². The number of carbonyl (C=O) groups excluding carboxylic acids is 3. The highest BCUT2D eigenvalue weighted by molar-refractivity contribution is 5.79. The molecule has 7 heteroatoms. The average Bonchev–Trinajstić information content (AvgIpc) is 2.79. The SMILES string of the molecule is C.CC(C)C(=O)N1CCC1.CC(C)C(=O)N1CCCCC1.CC(C)C(=O)NCCN1CCCCC1. The third-order valence-corrected chi connectivity index (χ3v) is 6.52. The van der Waals surface area contributed by atoms with E-state index in [1.165, 1.54) is 58.0 Å². The highest BCUT2D eigenvalue weighted by Gasteiger charge is 2.22. The van der Waals surface area contributed by atoms with Gasteiger partial charge in [0.1, 0.15) is 0 Å². The molecule has 3 heterocycles. The van der Waals surface area contributed by atoms with E-state index < -0.39 is 0 Å². The van der Waals surface area contributed by atoms with E-state index in [4.69, 9.17) is 0 Å². The second-order valence-corrected chi connectivity index (χ2v) is 10.7. The van der Waals surface area contributed by atoms with Crippen molar-refractivity contribution < 1.29 is 14.4 Å². The number of rotatable bonds is 6. The summed E-state index contributed by atoms with van der Waals surface area (Å²) >= 11 is 0. The van der Waals surface area contributed by atoms with E-state index in [0.29, 0.717) is 11.8 Å². The molecule has 206 valence electrons. The van der Waals surface area contributed by atoms with Crippen LogP contribution in [0.25, 0.3) is 0 Å². The predicted octanol–water partition coefficient (Wildman–Crippen LogP) is 4.41. The van der Waals surface area contributed by atoms with Crippen LogP contribution in [-0.4, -0.2) is 84.8 Å². The Balaban J connectivity index is 0.000000500. The van der Waals surface area contributed by atoms with E-state index in [1.807, 2.05) is 51.3 Å². The zero-order valence-electron chi connectivity index (χ0n) is 22.9. The van der Waals surface area contributed by atoms with Gasteiger partial charge in [-0.15, -0.1) is 0 Å². The van der Waals surface area contributed by atoms with Gasteiger partial charge in [0.05, 0.1) is 0 Å². The molecule has 35 heavy (non-hydrogen) atoms. The quantitative estimate of drug-likeness (QED) is 0.591. The van der Waals surface area contributed by atoms with E-state index >= 15 is 0 Å². The van der Waals surface area contributed by atoms with Crippen molar-refractivity contribution in [3.63, 3.8) is 0 Å². The third-order valence-electron chi connectivity index (χ3n) is 6.52. The molecule has 0 aliphatic carbocycles. The summed E-state index contributed by atoms with van der Waals surface area (Å²) in [6.07, 6.45) is 8.88. The van der Waals surface area contributed by atoms with Crippen molar-refractivity contribution in [1.29, 1.82) is 0 Å². The first-order chi connectivity index (χ1) is 16.1. The number of nitrogens with one attached hydrogen (secondary N) is 1. The van der Waals surface area contributed by atoms with Gasteiger partial charge in [0.2, 0.25) is 17.7 Å². The van der Waals surface area contributed by atoms with Gasteiger partial charge in [-0.25, -0.2) is 0 Å². The van der Waals surface area contributed by atoms with E-state index in [2.05, 4.69) is 10.2 Å². The minimum absolute atomic E-state index is 0. The highest BCUT2D eigenvalue weighted by atomic mass is 16.2. The molecule has 0 atom stereocenters. The van der Waals surface area contributed by atoms with Gasteiger partial charge in [0.15, 0.2) is 0 Å². The summed E-state index contributed by atoms with van der Waals surface area (Å²) in [5, 5.41) is 2.95. The minimum Gasteiger partial charge on any atom is -0.355 e. The minimum atomic E-state index is 0. The van der Waals surface area contributed by atoms with Crippen LogP contribution in [-0.2, 0) is 14.4 Å². The Morgan fingerprint density at radius 2 is 1.00 bits per heavy atom. The van der Waals surface area contributed by atoms with Crippen LogP contribution in [0.3, 0.4) is 0 Å². The van der Waals surface area contributed by atoms with Crippen LogP contribution in [0.1, 0.15) is 93.9 Å². The van der Waals surface area contributed by atoms with Crippen LogP contribution in [0.15, 0.2) is 0 Å². The molecule has 0 bridgehead atoms. The molecular formula is C28H56N4O3. The fourth-order valence-electron chi connectivity index (χ4n) is 4.11. The number of hydrogen-bond donors (Lipinski definition) is 1. The molecule has 3 aliphatic rings. The Morgan fingerprint density at radius 3 is 1.34 bits per heavy atom. The lowest BCUT2D eigenvalue weighted by Crippen LogP contribution is -2.44. The first kappa shape index (κ1) is 33.4. The maximum absolute atomic E-state index is 11.4. The number of amides is 3. The summed E-state index contributed by atoms with van der Waals surface area (Å²) in [6.45, 7) is 19.8. The lowest BCUT2D eigenvalue weighted by molar-refractivity contribution is -0.138. The van der Waals surface area contributed by atoms with Crippen molar-refractivity contribution in [2.45, 2.75) is 93.9 Å². The van der Waals surface area contributed by atoms with Gasteiger partial charge < -0.3 is 20.0 Å². The largest absolute Gasteiger partial charge is 0.355 e. The lowest BCUT2D eigenvalue weighted by Gasteiger charge is -2.32. The molecule has 0 spiro atoms. The predicted molar refractivity (Wildman–Crippen MR) is 146 cm³/mol. The zero-order chi connectivity index (χ0) is 25.5. The van der Waals surface area contributed by atoms with Crippen molar-refractivity contribution in [3.05, 3.63) is 0 Å². The van der Waals surface area contributed by atoms with Crippen LogP contribution in [0, 0.1) is 17.8 Å². The molecule has 1 N–H and O–H groups in total.